The summed E-state index contributed by atoms with van der Waals surface area (Å²) < 4.78 is 15.3. The molecule has 0 unspecified atom stereocenters. The second-order valence-electron chi connectivity index (χ2n) is 8.32. The van der Waals surface area contributed by atoms with E-state index >= 15 is 0 Å². The van der Waals surface area contributed by atoms with Gasteiger partial charge in [0, 0.05) is 42.6 Å². The number of carbonyl (C=O) groups is 1. The highest BCUT2D eigenvalue weighted by molar-refractivity contribution is 6.30. The maximum atomic E-state index is 13.2. The zero-order valence-corrected chi connectivity index (χ0v) is 19.0. The van der Waals surface area contributed by atoms with Crippen molar-refractivity contribution in [1.29, 1.82) is 0 Å². The van der Waals surface area contributed by atoms with Crippen LogP contribution < -0.4 is 4.90 Å². The zero-order chi connectivity index (χ0) is 22.5. The number of benzene rings is 2. The first kappa shape index (κ1) is 22.5. The summed E-state index contributed by atoms with van der Waals surface area (Å²) in [7, 11) is 0. The molecule has 0 spiro atoms. The van der Waals surface area contributed by atoms with E-state index in [0.717, 1.165) is 36.2 Å². The lowest BCUT2D eigenvalue weighted by Gasteiger charge is -2.41. The van der Waals surface area contributed by atoms with Gasteiger partial charge in [-0.05, 0) is 42.3 Å². The second kappa shape index (κ2) is 10.3. The summed E-state index contributed by atoms with van der Waals surface area (Å²) in [5.74, 6) is -0.168. The lowest BCUT2D eigenvalue weighted by Crippen LogP contribution is -2.56. The van der Waals surface area contributed by atoms with Crippen molar-refractivity contribution in [2.45, 2.75) is 45.3 Å². The number of anilines is 1. The second-order valence-corrected chi connectivity index (χ2v) is 8.76. The number of imidazole rings is 1. The summed E-state index contributed by atoms with van der Waals surface area (Å²) in [6, 6.07) is 14.3. The fourth-order valence-electron chi connectivity index (χ4n) is 4.23. The molecule has 4 rings (SSSR count). The van der Waals surface area contributed by atoms with Crippen LogP contribution in [0.15, 0.2) is 61.1 Å². The molecule has 168 valence electrons. The Balaban J connectivity index is 1.51. The molecule has 7 heteroatoms. The normalized spacial score (nSPS) is 17.2. The molecule has 1 aliphatic heterocycles. The van der Waals surface area contributed by atoms with E-state index in [9.17, 15) is 9.18 Å². The van der Waals surface area contributed by atoms with Crippen LogP contribution in [-0.4, -0.2) is 39.5 Å². The number of rotatable bonds is 8. The Bertz CT molecular complexity index is 1050. The van der Waals surface area contributed by atoms with E-state index in [2.05, 4.69) is 21.4 Å². The summed E-state index contributed by atoms with van der Waals surface area (Å²) in [4.78, 5) is 21.5. The van der Waals surface area contributed by atoms with E-state index < -0.39 is 0 Å². The molecule has 2 heterocycles. The van der Waals surface area contributed by atoms with Crippen molar-refractivity contribution in [3.63, 3.8) is 0 Å². The minimum absolute atomic E-state index is 0.0737. The zero-order valence-electron chi connectivity index (χ0n) is 18.3. The molecule has 1 amide bonds. The molecule has 1 aliphatic rings. The van der Waals surface area contributed by atoms with Crippen LogP contribution in [0.3, 0.4) is 0 Å². The van der Waals surface area contributed by atoms with Gasteiger partial charge in [0.05, 0.1) is 18.6 Å². The van der Waals surface area contributed by atoms with Gasteiger partial charge in [0.1, 0.15) is 5.82 Å². The van der Waals surface area contributed by atoms with Crippen molar-refractivity contribution >= 4 is 23.2 Å². The Labute approximate surface area is 193 Å². The van der Waals surface area contributed by atoms with Crippen LogP contribution in [0, 0.1) is 5.82 Å². The number of nitrogens with zero attached hydrogens (tertiary/aromatic N) is 4. The molecule has 0 aliphatic carbocycles. The van der Waals surface area contributed by atoms with Gasteiger partial charge in [-0.15, -0.1) is 0 Å². The highest BCUT2D eigenvalue weighted by Gasteiger charge is 2.33. The first-order valence-electron chi connectivity index (χ1n) is 11.1. The first-order valence-corrected chi connectivity index (χ1v) is 11.4. The summed E-state index contributed by atoms with van der Waals surface area (Å²) in [5, 5.41) is 0.632. The molecular weight excluding hydrogens is 427 g/mol. The Morgan fingerprint density at radius 3 is 2.72 bits per heavy atom. The van der Waals surface area contributed by atoms with Crippen LogP contribution in [0.4, 0.5) is 10.1 Å². The molecule has 3 aromatic rings. The molecule has 5 nitrogen and oxygen atoms in total. The third-order valence-electron chi connectivity index (χ3n) is 5.99. The molecule has 0 radical (unpaired) electrons. The van der Waals surface area contributed by atoms with Gasteiger partial charge in [0.25, 0.3) is 0 Å². The average molecular weight is 455 g/mol. The van der Waals surface area contributed by atoms with Gasteiger partial charge in [-0.2, -0.15) is 0 Å². The van der Waals surface area contributed by atoms with Crippen LogP contribution in [0.1, 0.15) is 37.4 Å². The lowest BCUT2D eigenvalue weighted by molar-refractivity contribution is -0.122. The molecule has 1 saturated heterocycles. The van der Waals surface area contributed by atoms with Crippen molar-refractivity contribution in [3.8, 4) is 0 Å². The monoisotopic (exact) mass is 454 g/mol. The van der Waals surface area contributed by atoms with Crippen LogP contribution in [0.2, 0.25) is 5.02 Å². The summed E-state index contributed by atoms with van der Waals surface area (Å²) >= 11 is 6.17. The predicted octanol–water partition coefficient (Wildman–Crippen LogP) is 5.13. The number of hydrogen-bond acceptors (Lipinski definition) is 3. The Morgan fingerprint density at radius 1 is 1.16 bits per heavy atom. The quantitative estimate of drug-likeness (QED) is 0.473. The van der Waals surface area contributed by atoms with E-state index in [1.165, 1.54) is 12.1 Å². The Morgan fingerprint density at radius 2 is 1.97 bits per heavy atom. The molecule has 1 fully saturated rings. The average Bonchev–Trinajstić information content (AvgIpc) is 3.21. The number of aromatic nitrogens is 2. The van der Waals surface area contributed by atoms with Gasteiger partial charge < -0.3 is 9.47 Å². The van der Waals surface area contributed by atoms with Crippen molar-refractivity contribution in [2.75, 3.05) is 18.0 Å². The van der Waals surface area contributed by atoms with Crippen LogP contribution >= 0.6 is 11.6 Å². The van der Waals surface area contributed by atoms with Crippen LogP contribution in [-0.2, 0) is 17.9 Å². The van der Waals surface area contributed by atoms with Crippen molar-refractivity contribution in [1.82, 2.24) is 14.5 Å². The lowest BCUT2D eigenvalue weighted by atomic mass is 10.0. The number of piperazine rings is 1. The molecule has 1 aromatic heterocycles. The van der Waals surface area contributed by atoms with Crippen LogP contribution in [0.25, 0.3) is 0 Å². The minimum atomic E-state index is -0.241. The fourth-order valence-corrected chi connectivity index (χ4v) is 4.41. The highest BCUT2D eigenvalue weighted by Crippen LogP contribution is 2.26. The molecule has 0 N–H and O–H groups in total. The molecule has 1 atom stereocenters. The third-order valence-corrected chi connectivity index (χ3v) is 6.22. The number of hydrogen-bond donors (Lipinski definition) is 0. The van der Waals surface area contributed by atoms with Crippen molar-refractivity contribution in [2.24, 2.45) is 0 Å². The van der Waals surface area contributed by atoms with Crippen LogP contribution in [0.5, 0.6) is 0 Å². The van der Waals surface area contributed by atoms with E-state index in [1.54, 1.807) is 18.5 Å². The number of carbonyl (C=O) groups excluding carboxylic acids is 1. The first-order chi connectivity index (χ1) is 15.5. The highest BCUT2D eigenvalue weighted by atomic mass is 35.5. The maximum absolute atomic E-state index is 13.2. The molecule has 2 aromatic carbocycles. The van der Waals surface area contributed by atoms with E-state index in [-0.39, 0.29) is 17.8 Å². The third kappa shape index (κ3) is 5.37. The van der Waals surface area contributed by atoms with Gasteiger partial charge in [0.2, 0.25) is 5.91 Å². The maximum Gasteiger partial charge on any atom is 0.241 e. The van der Waals surface area contributed by atoms with E-state index in [4.69, 9.17) is 11.6 Å². The summed E-state index contributed by atoms with van der Waals surface area (Å²) in [6.07, 6.45) is 6.89. The van der Waals surface area contributed by atoms with Gasteiger partial charge >= 0.3 is 0 Å². The minimum Gasteiger partial charge on any atom is -0.329 e. The predicted molar refractivity (Wildman–Crippen MR) is 125 cm³/mol. The standard InChI is InChI=1S/C25H28ClFN4O/c1-2-3-6-23-16-31(22-7-4-5-20(26)12-22)25(32)17-29(23)15-24-13-28-18-30(24)14-19-8-10-21(27)11-9-19/h4-5,7-13,18,23H,2-3,6,14-17H2,1H3/t23-/m0/s1. The number of halogens is 2. The summed E-state index contributed by atoms with van der Waals surface area (Å²) in [6.45, 7) is 4.44. The van der Waals surface area contributed by atoms with Gasteiger partial charge in [-0.1, -0.05) is 49.6 Å². The van der Waals surface area contributed by atoms with Crippen molar-refractivity contribution in [3.05, 3.63) is 83.2 Å². The molecule has 0 saturated carbocycles. The Hall–Kier alpha value is -2.70. The SMILES string of the molecule is CCCC[C@H]1CN(c2cccc(Cl)c2)C(=O)CN1Cc1cncn1Cc1ccc(F)cc1. The Kier molecular flexibility index (Phi) is 7.22. The molecule has 0 bridgehead atoms. The number of unbranched alkanes of at least 4 members (excludes halogenated alkanes) is 1. The van der Waals surface area contributed by atoms with Crippen molar-refractivity contribution < 1.29 is 9.18 Å². The fraction of sp³-hybridized carbons (Fsp3) is 0.360. The largest absolute Gasteiger partial charge is 0.329 e. The summed E-state index contributed by atoms with van der Waals surface area (Å²) in [5.41, 5.74) is 2.90. The smallest absolute Gasteiger partial charge is 0.241 e. The molecule has 32 heavy (non-hydrogen) atoms. The topological polar surface area (TPSA) is 41.4 Å². The van der Waals surface area contributed by atoms with E-state index in [1.807, 2.05) is 35.4 Å². The van der Waals surface area contributed by atoms with Gasteiger partial charge in [-0.25, -0.2) is 9.37 Å². The van der Waals surface area contributed by atoms with Gasteiger partial charge in [-0.3, -0.25) is 9.69 Å². The number of amides is 1. The molecular formula is C25H28ClFN4O. The van der Waals surface area contributed by atoms with Gasteiger partial charge in [0.15, 0.2) is 0 Å². The van der Waals surface area contributed by atoms with E-state index in [0.29, 0.717) is 31.2 Å².